The van der Waals surface area contributed by atoms with Gasteiger partial charge in [-0.25, -0.2) is 4.39 Å². The molecule has 1 saturated heterocycles. The maximum atomic E-state index is 13.3. The Labute approximate surface area is 89.4 Å². The molecule has 1 aromatic rings. The number of halogens is 1. The zero-order valence-electron chi connectivity index (χ0n) is 8.87. The fourth-order valence-corrected chi connectivity index (χ4v) is 1.97. The Balaban J connectivity index is 1.98. The van der Waals surface area contributed by atoms with Crippen LogP contribution in [0.3, 0.4) is 0 Å². The Hall–Kier alpha value is -1.09. The maximum Gasteiger partial charge on any atom is 0.118 e. The van der Waals surface area contributed by atoms with Crippen LogP contribution >= 0.6 is 0 Å². The van der Waals surface area contributed by atoms with Crippen molar-refractivity contribution in [1.82, 2.24) is 5.32 Å². The standard InChI is InChI=1S/C12H16FNO/c1-15-11-4-2-9(3-5-11)6-10-7-14-8-12(10)13/h2-5,10,12,14H,6-8H2,1H3. The van der Waals surface area contributed by atoms with E-state index in [1.165, 1.54) is 5.56 Å². The van der Waals surface area contributed by atoms with E-state index in [2.05, 4.69) is 5.32 Å². The normalized spacial score (nSPS) is 25.5. The molecule has 0 spiro atoms. The predicted octanol–water partition coefficient (Wildman–Crippen LogP) is 1.80. The van der Waals surface area contributed by atoms with Crippen LogP contribution in [-0.2, 0) is 6.42 Å². The summed E-state index contributed by atoms with van der Waals surface area (Å²) in [6, 6.07) is 7.85. The Morgan fingerprint density at radius 3 is 2.60 bits per heavy atom. The molecular weight excluding hydrogens is 193 g/mol. The van der Waals surface area contributed by atoms with Gasteiger partial charge in [0.15, 0.2) is 0 Å². The third-order valence-corrected chi connectivity index (χ3v) is 2.91. The fraction of sp³-hybridized carbons (Fsp3) is 0.500. The molecule has 1 fully saturated rings. The van der Waals surface area contributed by atoms with Gasteiger partial charge in [-0.3, -0.25) is 0 Å². The summed E-state index contributed by atoms with van der Waals surface area (Å²) in [5, 5.41) is 3.07. The van der Waals surface area contributed by atoms with Gasteiger partial charge >= 0.3 is 0 Å². The van der Waals surface area contributed by atoms with E-state index in [9.17, 15) is 4.39 Å². The molecule has 1 aliphatic rings. The van der Waals surface area contributed by atoms with Crippen molar-refractivity contribution in [2.45, 2.75) is 12.6 Å². The Morgan fingerprint density at radius 1 is 1.33 bits per heavy atom. The molecular formula is C12H16FNO. The second kappa shape index (κ2) is 4.62. The van der Waals surface area contributed by atoms with Crippen LogP contribution in [0.2, 0.25) is 0 Å². The highest BCUT2D eigenvalue weighted by atomic mass is 19.1. The van der Waals surface area contributed by atoms with E-state index >= 15 is 0 Å². The Morgan fingerprint density at radius 2 is 2.07 bits per heavy atom. The first-order valence-electron chi connectivity index (χ1n) is 5.27. The molecule has 0 aromatic heterocycles. The van der Waals surface area contributed by atoms with Crippen molar-refractivity contribution >= 4 is 0 Å². The molecule has 2 atom stereocenters. The van der Waals surface area contributed by atoms with Crippen LogP contribution < -0.4 is 10.1 Å². The second-order valence-corrected chi connectivity index (χ2v) is 3.99. The van der Waals surface area contributed by atoms with Crippen LogP contribution in [0.15, 0.2) is 24.3 Å². The topological polar surface area (TPSA) is 21.3 Å². The van der Waals surface area contributed by atoms with Crippen LogP contribution in [0.25, 0.3) is 0 Å². The van der Waals surface area contributed by atoms with Gasteiger partial charge in [0.05, 0.1) is 7.11 Å². The fourth-order valence-electron chi connectivity index (χ4n) is 1.97. The monoisotopic (exact) mass is 209 g/mol. The minimum Gasteiger partial charge on any atom is -0.497 e. The molecule has 1 heterocycles. The molecule has 2 unspecified atom stereocenters. The van der Waals surface area contributed by atoms with Crippen LogP contribution in [-0.4, -0.2) is 26.4 Å². The number of ether oxygens (including phenoxy) is 1. The molecule has 82 valence electrons. The van der Waals surface area contributed by atoms with Crippen LogP contribution in [0.1, 0.15) is 5.56 Å². The summed E-state index contributed by atoms with van der Waals surface area (Å²) in [5.74, 6) is 0.971. The van der Waals surface area contributed by atoms with E-state index in [4.69, 9.17) is 4.74 Å². The zero-order chi connectivity index (χ0) is 10.7. The lowest BCUT2D eigenvalue weighted by atomic mass is 9.97. The molecule has 0 amide bonds. The van der Waals surface area contributed by atoms with E-state index in [0.717, 1.165) is 18.7 Å². The summed E-state index contributed by atoms with van der Waals surface area (Å²) in [7, 11) is 1.65. The van der Waals surface area contributed by atoms with Crippen LogP contribution in [0, 0.1) is 5.92 Å². The number of methoxy groups -OCH3 is 1. The van der Waals surface area contributed by atoms with Gasteiger partial charge < -0.3 is 10.1 Å². The predicted molar refractivity (Wildman–Crippen MR) is 58.0 cm³/mol. The van der Waals surface area contributed by atoms with Crippen molar-refractivity contribution in [3.63, 3.8) is 0 Å². The quantitative estimate of drug-likeness (QED) is 0.819. The molecule has 2 nitrogen and oxygen atoms in total. The van der Waals surface area contributed by atoms with Crippen LogP contribution in [0.4, 0.5) is 4.39 Å². The summed E-state index contributed by atoms with van der Waals surface area (Å²) < 4.78 is 18.4. The van der Waals surface area contributed by atoms with Gasteiger partial charge in [0, 0.05) is 19.0 Å². The lowest BCUT2D eigenvalue weighted by Gasteiger charge is -2.11. The van der Waals surface area contributed by atoms with Gasteiger partial charge in [-0.1, -0.05) is 12.1 Å². The third-order valence-electron chi connectivity index (χ3n) is 2.91. The van der Waals surface area contributed by atoms with E-state index in [1.54, 1.807) is 7.11 Å². The van der Waals surface area contributed by atoms with E-state index < -0.39 is 6.17 Å². The van der Waals surface area contributed by atoms with Crippen molar-refractivity contribution in [3.8, 4) is 5.75 Å². The number of rotatable bonds is 3. The van der Waals surface area contributed by atoms with E-state index in [0.29, 0.717) is 6.54 Å². The summed E-state index contributed by atoms with van der Waals surface area (Å²) in [4.78, 5) is 0. The SMILES string of the molecule is COc1ccc(CC2CNCC2F)cc1. The average Bonchev–Trinajstić information content (AvgIpc) is 2.66. The maximum absolute atomic E-state index is 13.3. The van der Waals surface area contributed by atoms with Gasteiger partial charge in [-0.2, -0.15) is 0 Å². The highest BCUT2D eigenvalue weighted by Crippen LogP contribution is 2.20. The average molecular weight is 209 g/mol. The zero-order valence-corrected chi connectivity index (χ0v) is 8.87. The van der Waals surface area contributed by atoms with Crippen LogP contribution in [0.5, 0.6) is 5.75 Å². The number of hydrogen-bond acceptors (Lipinski definition) is 2. The Bertz CT molecular complexity index is 312. The highest BCUT2D eigenvalue weighted by molar-refractivity contribution is 5.27. The van der Waals surface area contributed by atoms with Gasteiger partial charge in [-0.05, 0) is 24.1 Å². The molecule has 0 bridgehead atoms. The molecule has 1 N–H and O–H groups in total. The lowest BCUT2D eigenvalue weighted by molar-refractivity contribution is 0.282. The van der Waals surface area contributed by atoms with Crippen molar-refractivity contribution in [2.24, 2.45) is 5.92 Å². The lowest BCUT2D eigenvalue weighted by Crippen LogP contribution is -2.15. The first-order valence-corrected chi connectivity index (χ1v) is 5.27. The first-order chi connectivity index (χ1) is 7.29. The third kappa shape index (κ3) is 2.48. The number of nitrogens with one attached hydrogen (secondary N) is 1. The van der Waals surface area contributed by atoms with Crippen molar-refractivity contribution < 1.29 is 9.13 Å². The van der Waals surface area contributed by atoms with Crippen molar-refractivity contribution in [1.29, 1.82) is 0 Å². The first kappa shape index (κ1) is 10.4. The highest BCUT2D eigenvalue weighted by Gasteiger charge is 2.26. The number of hydrogen-bond donors (Lipinski definition) is 1. The van der Waals surface area contributed by atoms with Gasteiger partial charge in [0.1, 0.15) is 11.9 Å². The molecule has 0 radical (unpaired) electrons. The molecule has 1 aromatic carbocycles. The van der Waals surface area contributed by atoms with E-state index in [-0.39, 0.29) is 5.92 Å². The summed E-state index contributed by atoms with van der Waals surface area (Å²) in [6.07, 6.45) is 0.102. The smallest absolute Gasteiger partial charge is 0.118 e. The van der Waals surface area contributed by atoms with Crippen molar-refractivity contribution in [3.05, 3.63) is 29.8 Å². The number of alkyl halides is 1. The molecule has 1 aliphatic heterocycles. The molecule has 0 aliphatic carbocycles. The summed E-state index contributed by atoms with van der Waals surface area (Å²) >= 11 is 0. The largest absolute Gasteiger partial charge is 0.497 e. The molecule has 3 heteroatoms. The second-order valence-electron chi connectivity index (χ2n) is 3.99. The Kier molecular flexibility index (Phi) is 3.21. The van der Waals surface area contributed by atoms with E-state index in [1.807, 2.05) is 24.3 Å². The molecule has 2 rings (SSSR count). The minimum absolute atomic E-state index is 0.124. The summed E-state index contributed by atoms with van der Waals surface area (Å²) in [5.41, 5.74) is 1.17. The summed E-state index contributed by atoms with van der Waals surface area (Å²) in [6.45, 7) is 1.29. The van der Waals surface area contributed by atoms with Gasteiger partial charge in [0.25, 0.3) is 0 Å². The number of benzene rings is 1. The van der Waals surface area contributed by atoms with Gasteiger partial charge in [0.2, 0.25) is 0 Å². The minimum atomic E-state index is -0.702. The van der Waals surface area contributed by atoms with Gasteiger partial charge in [-0.15, -0.1) is 0 Å². The van der Waals surface area contributed by atoms with Crippen molar-refractivity contribution in [2.75, 3.05) is 20.2 Å². The molecule has 15 heavy (non-hydrogen) atoms. The molecule has 0 saturated carbocycles.